The van der Waals surface area contributed by atoms with E-state index in [1.54, 1.807) is 48.0 Å². The highest BCUT2D eigenvalue weighted by molar-refractivity contribution is 7.98. The van der Waals surface area contributed by atoms with Gasteiger partial charge in [-0.3, -0.25) is 10.2 Å². The Balaban J connectivity index is 1.39. The molecule has 34 heavy (non-hydrogen) atoms. The quantitative estimate of drug-likeness (QED) is 0.277. The lowest BCUT2D eigenvalue weighted by Crippen LogP contribution is -2.24. The third-order valence-corrected chi connectivity index (χ3v) is 6.30. The average molecular weight is 469 g/mol. The standard InChI is InChI=1S/C26H20N4O3S/c1-17-27-28-26(34-16-18-8-3-2-4-9-18)30(17)29-24(31)21-12-7-11-19(14-21)22-15-20-10-5-6-13-23(20)33-25(22)32/h2-15H,16H2,1H3,(H,29,31). The molecule has 0 spiro atoms. The predicted molar refractivity (Wildman–Crippen MR) is 132 cm³/mol. The topological polar surface area (TPSA) is 90.0 Å². The largest absolute Gasteiger partial charge is 0.422 e. The number of rotatable bonds is 6. The molecule has 7 nitrogen and oxygen atoms in total. The number of aryl methyl sites for hydroxylation is 1. The van der Waals surface area contributed by atoms with Gasteiger partial charge in [-0.1, -0.05) is 72.4 Å². The number of hydrogen-bond donors (Lipinski definition) is 1. The molecule has 8 heteroatoms. The minimum atomic E-state index is -0.453. The fourth-order valence-electron chi connectivity index (χ4n) is 3.54. The van der Waals surface area contributed by atoms with Gasteiger partial charge in [0, 0.05) is 16.7 Å². The molecule has 0 aliphatic carbocycles. The lowest BCUT2D eigenvalue weighted by molar-refractivity contribution is 0.101. The monoisotopic (exact) mass is 468 g/mol. The normalized spacial score (nSPS) is 11.0. The van der Waals surface area contributed by atoms with Crippen molar-refractivity contribution < 1.29 is 9.21 Å². The third kappa shape index (κ3) is 4.49. The van der Waals surface area contributed by atoms with Crippen molar-refractivity contribution in [2.45, 2.75) is 17.8 Å². The van der Waals surface area contributed by atoms with Crippen LogP contribution in [-0.4, -0.2) is 20.8 Å². The highest BCUT2D eigenvalue weighted by Gasteiger charge is 2.15. The first-order valence-corrected chi connectivity index (χ1v) is 11.6. The summed E-state index contributed by atoms with van der Waals surface area (Å²) >= 11 is 1.48. The minimum Gasteiger partial charge on any atom is -0.422 e. The Kier molecular flexibility index (Phi) is 5.97. The van der Waals surface area contributed by atoms with Crippen LogP contribution in [-0.2, 0) is 5.75 Å². The Morgan fingerprint density at radius 1 is 0.971 bits per heavy atom. The molecule has 0 fully saturated rings. The average Bonchev–Trinajstić information content (AvgIpc) is 3.21. The van der Waals surface area contributed by atoms with Crippen molar-refractivity contribution in [3.05, 3.63) is 112 Å². The zero-order valence-corrected chi connectivity index (χ0v) is 19.1. The van der Waals surface area contributed by atoms with Gasteiger partial charge in [-0.15, -0.1) is 10.2 Å². The molecule has 0 radical (unpaired) electrons. The summed E-state index contributed by atoms with van der Waals surface area (Å²) in [4.78, 5) is 25.6. The Bertz CT molecular complexity index is 1540. The second-order valence-corrected chi connectivity index (χ2v) is 8.59. The van der Waals surface area contributed by atoms with Crippen LogP contribution in [0.4, 0.5) is 0 Å². The first-order valence-electron chi connectivity index (χ1n) is 10.6. The third-order valence-electron chi connectivity index (χ3n) is 5.30. The van der Waals surface area contributed by atoms with Gasteiger partial charge in [0.1, 0.15) is 11.4 Å². The van der Waals surface area contributed by atoms with Crippen molar-refractivity contribution in [2.75, 3.05) is 5.43 Å². The maximum atomic E-state index is 13.1. The second-order valence-electron chi connectivity index (χ2n) is 7.65. The van der Waals surface area contributed by atoms with E-state index in [0.717, 1.165) is 10.9 Å². The molecule has 2 heterocycles. The van der Waals surface area contributed by atoms with Crippen molar-refractivity contribution in [1.82, 2.24) is 14.9 Å². The van der Waals surface area contributed by atoms with Gasteiger partial charge in [-0.25, -0.2) is 9.47 Å². The Morgan fingerprint density at radius 3 is 2.62 bits per heavy atom. The number of para-hydroxylation sites is 1. The molecule has 3 aromatic carbocycles. The predicted octanol–water partition coefficient (Wildman–Crippen LogP) is 5.04. The Labute approximate surface area is 199 Å². The van der Waals surface area contributed by atoms with Gasteiger partial charge < -0.3 is 4.42 Å². The molecule has 2 aromatic heterocycles. The second kappa shape index (κ2) is 9.36. The summed E-state index contributed by atoms with van der Waals surface area (Å²) in [6.45, 7) is 1.77. The molecule has 0 atom stereocenters. The van der Waals surface area contributed by atoms with Gasteiger partial charge in [0.25, 0.3) is 5.91 Å². The number of carbonyl (C=O) groups is 1. The molecule has 5 rings (SSSR count). The highest BCUT2D eigenvalue weighted by Crippen LogP contribution is 2.23. The molecule has 168 valence electrons. The van der Waals surface area contributed by atoms with Gasteiger partial charge in [0.15, 0.2) is 0 Å². The Morgan fingerprint density at radius 2 is 1.76 bits per heavy atom. The number of nitrogens with one attached hydrogen (secondary N) is 1. The molecule has 0 aliphatic heterocycles. The van der Waals surface area contributed by atoms with Crippen LogP contribution in [0.2, 0.25) is 0 Å². The number of benzene rings is 3. The fourth-order valence-corrected chi connectivity index (χ4v) is 4.44. The molecule has 0 saturated heterocycles. The van der Waals surface area contributed by atoms with Crippen molar-refractivity contribution in [1.29, 1.82) is 0 Å². The van der Waals surface area contributed by atoms with Crippen LogP contribution in [0.5, 0.6) is 0 Å². The molecule has 0 unspecified atom stereocenters. The lowest BCUT2D eigenvalue weighted by atomic mass is 10.0. The van der Waals surface area contributed by atoms with E-state index in [0.29, 0.717) is 39.0 Å². The maximum Gasteiger partial charge on any atom is 0.344 e. The number of fused-ring (bicyclic) bond motifs is 1. The fraction of sp³-hybridized carbons (Fsp3) is 0.0769. The summed E-state index contributed by atoms with van der Waals surface area (Å²) < 4.78 is 7.02. The van der Waals surface area contributed by atoms with E-state index in [1.165, 1.54) is 11.8 Å². The number of thioether (sulfide) groups is 1. The van der Waals surface area contributed by atoms with Crippen molar-refractivity contribution >= 4 is 28.6 Å². The number of aromatic nitrogens is 3. The molecule has 0 aliphatic rings. The molecule has 1 amide bonds. The van der Waals surface area contributed by atoms with Crippen LogP contribution in [0, 0.1) is 6.92 Å². The van der Waals surface area contributed by atoms with Gasteiger partial charge in [-0.05, 0) is 42.3 Å². The lowest BCUT2D eigenvalue weighted by Gasteiger charge is -2.11. The molecule has 5 aromatic rings. The van der Waals surface area contributed by atoms with E-state index in [-0.39, 0.29) is 5.91 Å². The van der Waals surface area contributed by atoms with Crippen LogP contribution in [0.15, 0.2) is 99.3 Å². The summed E-state index contributed by atoms with van der Waals surface area (Å²) in [6, 6.07) is 26.0. The zero-order valence-electron chi connectivity index (χ0n) is 18.3. The van der Waals surface area contributed by atoms with Crippen LogP contribution >= 0.6 is 11.8 Å². The smallest absolute Gasteiger partial charge is 0.344 e. The van der Waals surface area contributed by atoms with Crippen molar-refractivity contribution in [2.24, 2.45) is 0 Å². The van der Waals surface area contributed by atoms with E-state index in [2.05, 4.69) is 15.6 Å². The highest BCUT2D eigenvalue weighted by atomic mass is 32.2. The molecular weight excluding hydrogens is 448 g/mol. The zero-order chi connectivity index (χ0) is 23.5. The minimum absolute atomic E-state index is 0.337. The van der Waals surface area contributed by atoms with E-state index in [1.807, 2.05) is 48.5 Å². The molecule has 0 saturated carbocycles. The van der Waals surface area contributed by atoms with E-state index < -0.39 is 5.63 Å². The number of hydrogen-bond acceptors (Lipinski definition) is 6. The van der Waals surface area contributed by atoms with E-state index >= 15 is 0 Å². The van der Waals surface area contributed by atoms with Crippen LogP contribution < -0.4 is 11.1 Å². The van der Waals surface area contributed by atoms with Crippen LogP contribution in [0.1, 0.15) is 21.7 Å². The first-order chi connectivity index (χ1) is 16.6. The molecule has 1 N–H and O–H groups in total. The number of nitrogens with zero attached hydrogens (tertiary/aromatic N) is 3. The summed E-state index contributed by atoms with van der Waals surface area (Å²) in [6.07, 6.45) is 0. The van der Waals surface area contributed by atoms with Crippen molar-refractivity contribution in [3.8, 4) is 11.1 Å². The summed E-state index contributed by atoms with van der Waals surface area (Å²) in [5, 5.41) is 9.69. The van der Waals surface area contributed by atoms with Crippen LogP contribution in [0.3, 0.4) is 0 Å². The molecular formula is C26H20N4O3S. The summed E-state index contributed by atoms with van der Waals surface area (Å²) in [5.74, 6) is 0.925. The number of amides is 1. The Hall–Kier alpha value is -4.17. The van der Waals surface area contributed by atoms with E-state index in [4.69, 9.17) is 4.42 Å². The summed E-state index contributed by atoms with van der Waals surface area (Å²) in [7, 11) is 0. The maximum absolute atomic E-state index is 13.1. The van der Waals surface area contributed by atoms with Gasteiger partial charge in [-0.2, -0.15) is 0 Å². The van der Waals surface area contributed by atoms with Crippen LogP contribution in [0.25, 0.3) is 22.1 Å². The van der Waals surface area contributed by atoms with E-state index in [9.17, 15) is 9.59 Å². The molecule has 0 bridgehead atoms. The van der Waals surface area contributed by atoms with Gasteiger partial charge in [0.2, 0.25) is 5.16 Å². The SMILES string of the molecule is Cc1nnc(SCc2ccccc2)n1NC(=O)c1cccc(-c2cc3ccccc3oc2=O)c1. The number of carbonyl (C=O) groups excluding carboxylic acids is 1. The first kappa shape index (κ1) is 21.7. The van der Waals surface area contributed by atoms with Gasteiger partial charge in [0.05, 0.1) is 5.56 Å². The van der Waals surface area contributed by atoms with Gasteiger partial charge >= 0.3 is 5.63 Å². The van der Waals surface area contributed by atoms with Crippen molar-refractivity contribution in [3.63, 3.8) is 0 Å². The summed E-state index contributed by atoms with van der Waals surface area (Å²) in [5.41, 5.74) is 5.48.